The molecule has 4 aromatic heterocycles. The summed E-state index contributed by atoms with van der Waals surface area (Å²) in [5.74, 6) is -2.72. The zero-order chi connectivity index (χ0) is 47.6. The fourth-order valence-electron chi connectivity index (χ4n) is 8.89. The molecule has 0 amide bonds. The van der Waals surface area contributed by atoms with Crippen LogP contribution in [0.2, 0.25) is 0 Å². The summed E-state index contributed by atoms with van der Waals surface area (Å²) in [6.07, 6.45) is 0. The highest BCUT2D eigenvalue weighted by molar-refractivity contribution is 7.36. The lowest BCUT2D eigenvalue weighted by Crippen LogP contribution is -2.45. The van der Waals surface area contributed by atoms with Gasteiger partial charge >= 0.3 is 11.9 Å². The van der Waals surface area contributed by atoms with Crippen molar-refractivity contribution in [2.24, 2.45) is 9.98 Å². The van der Waals surface area contributed by atoms with Crippen LogP contribution in [0.5, 0.6) is 0 Å². The predicted molar refractivity (Wildman–Crippen MR) is 264 cm³/mol. The van der Waals surface area contributed by atoms with Crippen molar-refractivity contribution in [3.05, 3.63) is 177 Å². The second kappa shape index (κ2) is 16.8. The van der Waals surface area contributed by atoms with Gasteiger partial charge in [-0.25, -0.2) is 9.98 Å². The minimum atomic E-state index is -2.23. The van der Waals surface area contributed by atoms with E-state index in [1.165, 1.54) is 22.7 Å². The van der Waals surface area contributed by atoms with E-state index in [0.29, 0.717) is 83.1 Å². The number of nitriles is 4. The van der Waals surface area contributed by atoms with Crippen LogP contribution >= 0.6 is 45.3 Å². The lowest BCUT2D eigenvalue weighted by molar-refractivity contribution is -0.164. The van der Waals surface area contributed by atoms with Gasteiger partial charge in [-0.3, -0.25) is 19.2 Å². The summed E-state index contributed by atoms with van der Waals surface area (Å²) in [7, 11) is 0. The van der Waals surface area contributed by atoms with Crippen molar-refractivity contribution in [1.29, 1.82) is 21.0 Å². The lowest BCUT2D eigenvalue weighted by atomic mass is 9.79. The van der Waals surface area contributed by atoms with E-state index in [-0.39, 0.29) is 46.9 Å². The maximum absolute atomic E-state index is 15.5. The van der Waals surface area contributed by atoms with Crippen molar-refractivity contribution in [2.45, 2.75) is 18.6 Å². The van der Waals surface area contributed by atoms with Gasteiger partial charge < -0.3 is 9.47 Å². The molecular formula is C53H24N6O6S4. The molecule has 4 aromatic carbocycles. The van der Waals surface area contributed by atoms with E-state index in [0.717, 1.165) is 22.7 Å². The van der Waals surface area contributed by atoms with Crippen LogP contribution in [0.1, 0.15) is 54.1 Å². The first-order chi connectivity index (χ1) is 33.7. The molecule has 0 N–H and O–H groups in total. The summed E-state index contributed by atoms with van der Waals surface area (Å²) in [6.45, 7) is -0.359. The molecule has 0 saturated carbocycles. The Morgan fingerprint density at radius 2 is 0.870 bits per heavy atom. The van der Waals surface area contributed by atoms with E-state index in [1.807, 2.05) is 60.7 Å². The molecule has 0 atom stereocenters. The van der Waals surface area contributed by atoms with Crippen LogP contribution in [0.3, 0.4) is 0 Å². The van der Waals surface area contributed by atoms with Crippen molar-refractivity contribution in [1.82, 2.24) is 0 Å². The van der Waals surface area contributed by atoms with E-state index in [4.69, 9.17) is 19.5 Å². The van der Waals surface area contributed by atoms with Crippen LogP contribution in [0.25, 0.3) is 39.7 Å². The number of carbonyl (C=O) groups is 4. The van der Waals surface area contributed by atoms with Gasteiger partial charge in [0.1, 0.15) is 70.1 Å². The van der Waals surface area contributed by atoms with Gasteiger partial charge in [0, 0.05) is 42.8 Å². The van der Waals surface area contributed by atoms with Crippen LogP contribution in [0.4, 0.5) is 10.0 Å². The largest absolute Gasteiger partial charge is 0.459 e. The number of esters is 2. The van der Waals surface area contributed by atoms with Crippen molar-refractivity contribution in [3.63, 3.8) is 0 Å². The van der Waals surface area contributed by atoms with Gasteiger partial charge in [0.15, 0.2) is 0 Å². The molecule has 11 rings (SSSR count). The molecule has 12 nitrogen and oxygen atoms in total. The fourth-order valence-corrected chi connectivity index (χ4v) is 14.3. The average molecular weight is 969 g/mol. The van der Waals surface area contributed by atoms with Gasteiger partial charge in [0.05, 0.1) is 19.2 Å². The molecule has 8 aromatic rings. The molecular weight excluding hydrogens is 945 g/mol. The molecule has 3 aliphatic carbocycles. The summed E-state index contributed by atoms with van der Waals surface area (Å²) in [5, 5.41) is 40.5. The second-order valence-electron chi connectivity index (χ2n) is 15.7. The zero-order valence-corrected chi connectivity index (χ0v) is 38.5. The molecule has 0 unspecified atom stereocenters. The van der Waals surface area contributed by atoms with Crippen LogP contribution in [0, 0.1) is 45.3 Å². The number of nitrogens with zero attached hydrogens (tertiary/aromatic N) is 6. The minimum absolute atomic E-state index is 0.0808. The van der Waals surface area contributed by atoms with Crippen molar-refractivity contribution < 1.29 is 28.7 Å². The summed E-state index contributed by atoms with van der Waals surface area (Å²) in [5.41, 5.74) is 0.731. The molecule has 4 heterocycles. The van der Waals surface area contributed by atoms with Gasteiger partial charge in [-0.15, -0.1) is 45.3 Å². The Hall–Kier alpha value is -8.74. The fraction of sp³-hybridized carbons (Fsp3) is 0.0566. The predicted octanol–water partition coefficient (Wildman–Crippen LogP) is 11.5. The highest BCUT2D eigenvalue weighted by atomic mass is 32.1. The van der Waals surface area contributed by atoms with Crippen molar-refractivity contribution >= 4 is 120 Å². The number of thiophene rings is 4. The van der Waals surface area contributed by atoms with E-state index in [2.05, 4.69) is 0 Å². The molecule has 16 heteroatoms. The summed E-state index contributed by atoms with van der Waals surface area (Å²) in [4.78, 5) is 69.6. The van der Waals surface area contributed by atoms with Gasteiger partial charge in [-0.1, -0.05) is 109 Å². The molecule has 0 saturated heterocycles. The standard InChI is InChI=1S/C53H24N6O6S4/c54-21-29(22-55)39-31-15-7-9-17-33(31)45(60)43(39)58-37-19-35-47(68-37)41-49(66-35)50-42(53(41,51(62)64-25-27-11-3-1-4-12-27)52(63)65-26-28-13-5-2-6-14-28)48-36(67-50)20-38(69-48)59-44-40(30(23-56)24-57)32-16-8-10-18-34(32)46(44)61/h1-20H,25-26H2/b58-43-,59-44+. The number of rotatable bonds is 8. The first kappa shape index (κ1) is 42.9. The normalized spacial score (nSPS) is 15.0. The maximum Gasteiger partial charge on any atom is 0.333 e. The van der Waals surface area contributed by atoms with Gasteiger partial charge in [-0.2, -0.15) is 21.0 Å². The third-order valence-corrected chi connectivity index (χ3v) is 16.7. The molecule has 0 radical (unpaired) electrons. The number of aliphatic imine (C=N–C) groups is 2. The number of ether oxygens (including phenoxy) is 2. The van der Waals surface area contributed by atoms with Gasteiger partial charge in [-0.05, 0) is 34.4 Å². The Kier molecular flexibility index (Phi) is 10.5. The average Bonchev–Trinajstić information content (AvgIpc) is 4.24. The summed E-state index contributed by atoms with van der Waals surface area (Å²) >= 11 is 4.93. The third-order valence-electron chi connectivity index (χ3n) is 11.9. The molecule has 326 valence electrons. The van der Waals surface area contributed by atoms with Crippen molar-refractivity contribution in [3.8, 4) is 34.0 Å². The first-order valence-corrected chi connectivity index (χ1v) is 24.1. The van der Waals surface area contributed by atoms with E-state index >= 15 is 9.59 Å². The number of carbonyl (C=O) groups excluding carboxylic acids is 4. The van der Waals surface area contributed by atoms with E-state index in [1.54, 1.807) is 84.9 Å². The molecule has 0 fully saturated rings. The zero-order valence-electron chi connectivity index (χ0n) is 35.2. The number of fused-ring (bicyclic) bond motifs is 9. The molecule has 69 heavy (non-hydrogen) atoms. The number of Topliss-reactive ketones (excluding diaryl/α,β-unsaturated/α-hetero) is 2. The Morgan fingerprint density at radius 3 is 1.25 bits per heavy atom. The first-order valence-electron chi connectivity index (χ1n) is 20.8. The number of benzene rings is 4. The van der Waals surface area contributed by atoms with E-state index < -0.39 is 28.9 Å². The minimum Gasteiger partial charge on any atom is -0.459 e. The van der Waals surface area contributed by atoms with Crippen molar-refractivity contribution in [2.75, 3.05) is 0 Å². The number of hydrogen-bond acceptors (Lipinski definition) is 16. The number of allylic oxidation sites excluding steroid dienone is 4. The number of hydrogen-bond donors (Lipinski definition) is 0. The van der Waals surface area contributed by atoms with Crippen LogP contribution in [-0.2, 0) is 37.7 Å². The quantitative estimate of drug-likeness (QED) is 0.0799. The lowest BCUT2D eigenvalue weighted by Gasteiger charge is -2.27. The summed E-state index contributed by atoms with van der Waals surface area (Å²) < 4.78 is 14.7. The topological polar surface area (TPSA) is 207 Å². The van der Waals surface area contributed by atoms with Gasteiger partial charge in [0.2, 0.25) is 17.0 Å². The third kappa shape index (κ3) is 6.62. The Morgan fingerprint density at radius 1 is 0.507 bits per heavy atom. The smallest absolute Gasteiger partial charge is 0.333 e. The van der Waals surface area contributed by atoms with Crippen LogP contribution in [-0.4, -0.2) is 34.9 Å². The van der Waals surface area contributed by atoms with Crippen LogP contribution < -0.4 is 0 Å². The molecule has 0 bridgehead atoms. The number of ketones is 2. The second-order valence-corrected chi connectivity index (χ2v) is 19.8. The molecule has 3 aliphatic rings. The van der Waals surface area contributed by atoms with Crippen LogP contribution in [0.15, 0.2) is 142 Å². The highest BCUT2D eigenvalue weighted by Crippen LogP contribution is 2.64. The summed E-state index contributed by atoms with van der Waals surface area (Å²) in [6, 6.07) is 42.6. The Labute approximate surface area is 407 Å². The maximum atomic E-state index is 15.5. The molecule has 0 aliphatic heterocycles. The Bertz CT molecular complexity index is 3640. The van der Waals surface area contributed by atoms with E-state index in [9.17, 15) is 30.6 Å². The van der Waals surface area contributed by atoms with Gasteiger partial charge in [0.25, 0.3) is 0 Å². The highest BCUT2D eigenvalue weighted by Gasteiger charge is 2.62. The monoisotopic (exact) mass is 968 g/mol. The Balaban J connectivity index is 1.12. The molecule has 0 spiro atoms. The SMILES string of the molecule is N#CC(C#N)=C1/C(=N/c2cc3sc4c(c3s2)C(C(=O)OCc2ccccc2)(C(=O)OCc2ccccc2)c2c-4sc3cc(/N=C4/C(=O)c5ccccc5C4=C(C#N)C#N)sc23)C(=O)c2ccccc21.